The van der Waals surface area contributed by atoms with Crippen LogP contribution in [0.15, 0.2) is 6.07 Å². The topological polar surface area (TPSA) is 47.9 Å². The van der Waals surface area contributed by atoms with Crippen LogP contribution in [-0.2, 0) is 6.42 Å². The fraction of sp³-hybridized carbons (Fsp3) is 0.455. The summed E-state index contributed by atoms with van der Waals surface area (Å²) < 4.78 is 15.6. The first-order valence-corrected chi connectivity index (χ1v) is 5.15. The number of methoxy groups -OCH3 is 3. The van der Waals surface area contributed by atoms with Crippen LogP contribution in [0.25, 0.3) is 0 Å². The van der Waals surface area contributed by atoms with Gasteiger partial charge in [0.05, 0.1) is 26.4 Å². The number of hydrogen-bond acceptors (Lipinski definition) is 4. The van der Waals surface area contributed by atoms with Crippen LogP contribution in [0.1, 0.15) is 5.56 Å². The summed E-state index contributed by atoms with van der Waals surface area (Å²) >= 11 is 6.04. The highest BCUT2D eigenvalue weighted by Gasteiger charge is 2.18. The van der Waals surface area contributed by atoms with Crippen molar-refractivity contribution in [2.45, 2.75) is 6.42 Å². The molecule has 0 saturated carbocycles. The second-order valence-corrected chi connectivity index (χ2v) is 3.49. The van der Waals surface area contributed by atoms with E-state index >= 15 is 0 Å². The van der Waals surface area contributed by atoms with Gasteiger partial charge in [-0.15, -0.1) is 0 Å². The molecule has 0 aliphatic heterocycles. The first-order chi connectivity index (χ1) is 7.69. The summed E-state index contributed by atoms with van der Waals surface area (Å²) in [5, 5.41) is 9.45. The molecule has 0 aliphatic rings. The van der Waals surface area contributed by atoms with Crippen molar-refractivity contribution in [2.24, 2.45) is 0 Å². The predicted molar refractivity (Wildman–Crippen MR) is 61.9 cm³/mol. The molecule has 0 amide bonds. The first-order valence-electron chi connectivity index (χ1n) is 4.77. The highest BCUT2D eigenvalue weighted by molar-refractivity contribution is 6.32. The SMILES string of the molecule is COc1cc(Cl)c(OC)c(CCO)c1OC. The van der Waals surface area contributed by atoms with Crippen molar-refractivity contribution in [1.82, 2.24) is 0 Å². The quantitative estimate of drug-likeness (QED) is 0.862. The molecule has 16 heavy (non-hydrogen) atoms. The van der Waals surface area contributed by atoms with Crippen molar-refractivity contribution < 1.29 is 19.3 Å². The Bertz CT molecular complexity index is 365. The number of hydrogen-bond donors (Lipinski definition) is 1. The molecule has 0 unspecified atom stereocenters. The molecule has 1 N–H and O–H groups in total. The van der Waals surface area contributed by atoms with Crippen LogP contribution in [0.3, 0.4) is 0 Å². The van der Waals surface area contributed by atoms with Gasteiger partial charge in [-0.2, -0.15) is 0 Å². The standard InChI is InChI=1S/C11H15ClO4/c1-14-9-6-8(12)10(15-2)7(4-5-13)11(9)16-3/h6,13H,4-5H2,1-3H3. The lowest BCUT2D eigenvalue weighted by molar-refractivity contribution is 0.290. The molecular weight excluding hydrogens is 232 g/mol. The first kappa shape index (κ1) is 12.9. The Labute approximate surface area is 99.7 Å². The second kappa shape index (κ2) is 5.82. The third-order valence-corrected chi connectivity index (χ3v) is 2.52. The maximum absolute atomic E-state index is 9.02. The summed E-state index contributed by atoms with van der Waals surface area (Å²) in [6.07, 6.45) is 0.392. The monoisotopic (exact) mass is 246 g/mol. The van der Waals surface area contributed by atoms with Crippen LogP contribution in [0, 0.1) is 0 Å². The van der Waals surface area contributed by atoms with Crippen LogP contribution in [0.5, 0.6) is 17.2 Å². The van der Waals surface area contributed by atoms with E-state index in [1.54, 1.807) is 6.07 Å². The minimum atomic E-state index is -0.0176. The van der Waals surface area contributed by atoms with Gasteiger partial charge in [-0.25, -0.2) is 0 Å². The molecule has 0 heterocycles. The summed E-state index contributed by atoms with van der Waals surface area (Å²) in [6.45, 7) is -0.0176. The Kier molecular flexibility index (Phi) is 4.71. The lowest BCUT2D eigenvalue weighted by atomic mass is 10.1. The number of ether oxygens (including phenoxy) is 3. The zero-order chi connectivity index (χ0) is 12.1. The average molecular weight is 247 g/mol. The molecule has 0 aliphatic carbocycles. The third kappa shape index (κ3) is 2.33. The van der Waals surface area contributed by atoms with Crippen LogP contribution in [-0.4, -0.2) is 33.0 Å². The van der Waals surface area contributed by atoms with Gasteiger partial charge >= 0.3 is 0 Å². The smallest absolute Gasteiger partial charge is 0.167 e. The van der Waals surface area contributed by atoms with E-state index in [0.717, 1.165) is 0 Å². The van der Waals surface area contributed by atoms with E-state index in [9.17, 15) is 0 Å². The van der Waals surface area contributed by atoms with Crippen LogP contribution >= 0.6 is 11.6 Å². The zero-order valence-corrected chi connectivity index (χ0v) is 10.3. The lowest BCUT2D eigenvalue weighted by Crippen LogP contribution is -2.02. The summed E-state index contributed by atoms with van der Waals surface area (Å²) in [5.74, 6) is 1.57. The molecule has 0 aromatic heterocycles. The molecule has 1 aromatic carbocycles. The summed E-state index contributed by atoms with van der Waals surface area (Å²) in [4.78, 5) is 0. The van der Waals surface area contributed by atoms with Crippen molar-refractivity contribution in [3.8, 4) is 17.2 Å². The van der Waals surface area contributed by atoms with Crippen molar-refractivity contribution in [3.05, 3.63) is 16.7 Å². The average Bonchev–Trinajstić information content (AvgIpc) is 2.29. The Morgan fingerprint density at radius 2 is 1.75 bits per heavy atom. The number of benzene rings is 1. The van der Waals surface area contributed by atoms with Gasteiger partial charge in [-0.05, 0) is 0 Å². The largest absolute Gasteiger partial charge is 0.495 e. The normalized spacial score (nSPS) is 10.1. The maximum Gasteiger partial charge on any atom is 0.167 e. The molecular formula is C11H15ClO4. The number of aliphatic hydroxyl groups excluding tert-OH is 1. The van der Waals surface area contributed by atoms with Crippen molar-refractivity contribution >= 4 is 11.6 Å². The number of aliphatic hydroxyl groups is 1. The Balaban J connectivity index is 3.40. The molecule has 90 valence electrons. The Morgan fingerprint density at radius 3 is 2.19 bits per heavy atom. The fourth-order valence-corrected chi connectivity index (χ4v) is 1.87. The third-order valence-electron chi connectivity index (χ3n) is 2.24. The number of rotatable bonds is 5. The summed E-state index contributed by atoms with van der Waals surface area (Å²) in [7, 11) is 4.59. The highest BCUT2D eigenvalue weighted by Crippen LogP contribution is 2.42. The Hall–Kier alpha value is -1.13. The minimum Gasteiger partial charge on any atom is -0.495 e. The molecule has 0 fully saturated rings. The summed E-state index contributed by atoms with van der Waals surface area (Å²) in [6, 6.07) is 1.63. The van der Waals surface area contributed by atoms with Crippen LogP contribution in [0.4, 0.5) is 0 Å². The minimum absolute atomic E-state index is 0.0176. The second-order valence-electron chi connectivity index (χ2n) is 3.08. The van der Waals surface area contributed by atoms with Gasteiger partial charge in [0.25, 0.3) is 0 Å². The molecule has 5 heteroatoms. The molecule has 0 radical (unpaired) electrons. The molecule has 0 bridgehead atoms. The van der Waals surface area contributed by atoms with Gasteiger partial charge in [-0.1, -0.05) is 11.6 Å². The van der Waals surface area contributed by atoms with E-state index in [2.05, 4.69) is 0 Å². The van der Waals surface area contributed by atoms with Gasteiger partial charge in [0.15, 0.2) is 11.5 Å². The maximum atomic E-state index is 9.02. The van der Waals surface area contributed by atoms with E-state index in [4.69, 9.17) is 30.9 Å². The van der Waals surface area contributed by atoms with Gasteiger partial charge < -0.3 is 19.3 Å². The molecule has 0 saturated heterocycles. The van der Waals surface area contributed by atoms with E-state index < -0.39 is 0 Å². The number of halogens is 1. The molecule has 1 aromatic rings. The van der Waals surface area contributed by atoms with Gasteiger partial charge in [0.1, 0.15) is 5.75 Å². The Morgan fingerprint density at radius 1 is 1.12 bits per heavy atom. The van der Waals surface area contributed by atoms with Crippen molar-refractivity contribution in [1.29, 1.82) is 0 Å². The van der Waals surface area contributed by atoms with E-state index in [0.29, 0.717) is 34.3 Å². The van der Waals surface area contributed by atoms with Crippen LogP contribution < -0.4 is 14.2 Å². The van der Waals surface area contributed by atoms with Gasteiger partial charge in [0.2, 0.25) is 0 Å². The predicted octanol–water partition coefficient (Wildman–Crippen LogP) is 1.90. The molecule has 4 nitrogen and oxygen atoms in total. The summed E-state index contributed by atoms with van der Waals surface area (Å²) in [5.41, 5.74) is 0.705. The fourth-order valence-electron chi connectivity index (χ4n) is 1.58. The highest BCUT2D eigenvalue weighted by atomic mass is 35.5. The zero-order valence-electron chi connectivity index (χ0n) is 9.54. The van der Waals surface area contributed by atoms with E-state index in [1.165, 1.54) is 21.3 Å². The van der Waals surface area contributed by atoms with Gasteiger partial charge in [-0.3, -0.25) is 0 Å². The van der Waals surface area contributed by atoms with Crippen LogP contribution in [0.2, 0.25) is 5.02 Å². The van der Waals surface area contributed by atoms with E-state index in [1.807, 2.05) is 0 Å². The van der Waals surface area contributed by atoms with Crippen molar-refractivity contribution in [3.63, 3.8) is 0 Å². The molecule has 1 rings (SSSR count). The lowest BCUT2D eigenvalue weighted by Gasteiger charge is -2.16. The van der Waals surface area contributed by atoms with Crippen molar-refractivity contribution in [2.75, 3.05) is 27.9 Å². The molecule has 0 atom stereocenters. The van der Waals surface area contributed by atoms with Gasteiger partial charge in [0, 0.05) is 24.7 Å². The van der Waals surface area contributed by atoms with E-state index in [-0.39, 0.29) is 6.61 Å². The molecule has 0 spiro atoms.